The molecule has 0 aromatic carbocycles. The fourth-order valence-corrected chi connectivity index (χ4v) is 2.22. The van der Waals surface area contributed by atoms with Gasteiger partial charge in [0.15, 0.2) is 5.69 Å². The van der Waals surface area contributed by atoms with Crippen LogP contribution in [0.4, 0.5) is 10.7 Å². The predicted octanol–water partition coefficient (Wildman–Crippen LogP) is 2.60. The van der Waals surface area contributed by atoms with Gasteiger partial charge in [0.2, 0.25) is 0 Å². The number of pyridine rings is 1. The number of amides is 1. The molecule has 2 rings (SSSR count). The third-order valence-corrected chi connectivity index (χ3v) is 3.28. The molecule has 0 aliphatic heterocycles. The van der Waals surface area contributed by atoms with Crippen LogP contribution in [-0.4, -0.2) is 22.9 Å². The van der Waals surface area contributed by atoms with Crippen LogP contribution in [0, 0.1) is 6.92 Å². The number of carbonyl (C=O) groups excluding carboxylic acids is 1. The van der Waals surface area contributed by atoms with Gasteiger partial charge in [-0.25, -0.2) is 9.97 Å². The second kappa shape index (κ2) is 5.32. The number of hydrogen-bond acceptors (Lipinski definition) is 5. The summed E-state index contributed by atoms with van der Waals surface area (Å²) in [6, 6.07) is 1.71. The molecule has 2 aromatic rings. The zero-order valence-corrected chi connectivity index (χ0v) is 11.4. The zero-order chi connectivity index (χ0) is 13.1. The predicted molar refractivity (Wildman–Crippen MR) is 72.8 cm³/mol. The van der Waals surface area contributed by atoms with Crippen LogP contribution in [0.25, 0.3) is 0 Å². The van der Waals surface area contributed by atoms with Crippen molar-refractivity contribution in [2.45, 2.75) is 6.92 Å². The van der Waals surface area contributed by atoms with Gasteiger partial charge >= 0.3 is 0 Å². The number of anilines is 2. The minimum Gasteiger partial charge on any atom is -0.354 e. The Bertz CT molecular complexity index is 584. The summed E-state index contributed by atoms with van der Waals surface area (Å²) < 4.78 is 0. The van der Waals surface area contributed by atoms with Gasteiger partial charge in [-0.3, -0.25) is 4.79 Å². The molecule has 7 heteroatoms. The molecule has 0 saturated heterocycles. The van der Waals surface area contributed by atoms with Crippen molar-refractivity contribution in [3.8, 4) is 0 Å². The molecule has 0 aliphatic carbocycles. The fourth-order valence-electron chi connectivity index (χ4n) is 1.37. The van der Waals surface area contributed by atoms with Crippen LogP contribution in [0.1, 0.15) is 16.1 Å². The molecule has 0 fully saturated rings. The van der Waals surface area contributed by atoms with Crippen LogP contribution in [0.5, 0.6) is 0 Å². The van der Waals surface area contributed by atoms with Crippen molar-refractivity contribution in [2.75, 3.05) is 12.4 Å². The third kappa shape index (κ3) is 2.60. The topological polar surface area (TPSA) is 66.9 Å². The Hall–Kier alpha value is -1.66. The van der Waals surface area contributed by atoms with Gasteiger partial charge in [-0.05, 0) is 18.6 Å². The highest BCUT2D eigenvalue weighted by molar-refractivity contribution is 7.14. The lowest BCUT2D eigenvalue weighted by molar-refractivity contribution is 0.0959. The largest absolute Gasteiger partial charge is 0.354 e. The van der Waals surface area contributed by atoms with Crippen molar-refractivity contribution < 1.29 is 4.79 Å². The second-order valence-electron chi connectivity index (χ2n) is 3.56. The number of aromatic nitrogens is 2. The average Bonchev–Trinajstić information content (AvgIpc) is 2.81. The number of thiazole rings is 1. The lowest BCUT2D eigenvalue weighted by Crippen LogP contribution is -2.19. The minimum atomic E-state index is -0.225. The molecule has 0 radical (unpaired) electrons. The molecule has 18 heavy (non-hydrogen) atoms. The lowest BCUT2D eigenvalue weighted by Gasteiger charge is -2.08. The number of halogens is 1. The van der Waals surface area contributed by atoms with Gasteiger partial charge in [-0.2, -0.15) is 0 Å². The van der Waals surface area contributed by atoms with E-state index in [4.69, 9.17) is 11.6 Å². The van der Waals surface area contributed by atoms with Crippen molar-refractivity contribution in [3.05, 3.63) is 34.2 Å². The van der Waals surface area contributed by atoms with E-state index >= 15 is 0 Å². The molecule has 1 amide bonds. The maximum Gasteiger partial charge on any atom is 0.272 e. The van der Waals surface area contributed by atoms with Gasteiger partial charge in [0, 0.05) is 18.9 Å². The number of nitrogens with one attached hydrogen (secondary N) is 2. The molecule has 2 N–H and O–H groups in total. The van der Waals surface area contributed by atoms with Gasteiger partial charge in [-0.1, -0.05) is 11.6 Å². The number of aryl methyl sites for hydroxylation is 1. The summed E-state index contributed by atoms with van der Waals surface area (Å²) in [4.78, 5) is 19.6. The van der Waals surface area contributed by atoms with E-state index in [9.17, 15) is 4.79 Å². The summed E-state index contributed by atoms with van der Waals surface area (Å²) in [5.41, 5.74) is 3.74. The smallest absolute Gasteiger partial charge is 0.272 e. The summed E-state index contributed by atoms with van der Waals surface area (Å²) in [5, 5.41) is 6.77. The van der Waals surface area contributed by atoms with Crippen molar-refractivity contribution in [2.24, 2.45) is 0 Å². The Morgan fingerprint density at radius 1 is 1.44 bits per heavy atom. The third-order valence-electron chi connectivity index (χ3n) is 2.33. The standard InChI is InChI=1S/C11H11ClN4OS/c1-6-4-14-8(12)3-7(6)16-11-9(10(17)13-2)15-5-18-11/h3-5H,1-2H3,(H,13,17)(H,14,16). The summed E-state index contributed by atoms with van der Waals surface area (Å²) in [6.45, 7) is 1.91. The van der Waals surface area contributed by atoms with Crippen LogP contribution in [0.2, 0.25) is 5.15 Å². The average molecular weight is 283 g/mol. The maximum absolute atomic E-state index is 11.6. The summed E-state index contributed by atoms with van der Waals surface area (Å²) >= 11 is 7.20. The molecule has 0 bridgehead atoms. The minimum absolute atomic E-state index is 0.225. The molecule has 5 nitrogen and oxygen atoms in total. The zero-order valence-electron chi connectivity index (χ0n) is 9.82. The Morgan fingerprint density at radius 3 is 2.94 bits per heavy atom. The number of nitrogens with zero attached hydrogens (tertiary/aromatic N) is 2. The summed E-state index contributed by atoms with van der Waals surface area (Å²) in [6.07, 6.45) is 1.67. The molecule has 0 unspecified atom stereocenters. The van der Waals surface area contributed by atoms with E-state index in [2.05, 4.69) is 20.6 Å². The first kappa shape index (κ1) is 12.8. The Morgan fingerprint density at radius 2 is 2.22 bits per heavy atom. The van der Waals surface area contributed by atoms with Gasteiger partial charge in [-0.15, -0.1) is 11.3 Å². The van der Waals surface area contributed by atoms with E-state index < -0.39 is 0 Å². The van der Waals surface area contributed by atoms with E-state index in [1.807, 2.05) is 6.92 Å². The van der Waals surface area contributed by atoms with Gasteiger partial charge in [0.1, 0.15) is 10.2 Å². The van der Waals surface area contributed by atoms with Gasteiger partial charge in [0.25, 0.3) is 5.91 Å². The fraction of sp³-hybridized carbons (Fsp3) is 0.182. The van der Waals surface area contributed by atoms with E-state index in [0.717, 1.165) is 11.3 Å². The van der Waals surface area contributed by atoms with E-state index in [0.29, 0.717) is 15.8 Å². The van der Waals surface area contributed by atoms with Crippen LogP contribution in [0.15, 0.2) is 17.8 Å². The van der Waals surface area contributed by atoms with Crippen LogP contribution < -0.4 is 10.6 Å². The normalized spacial score (nSPS) is 10.2. The molecule has 2 aromatic heterocycles. The molecule has 0 saturated carbocycles. The molecule has 0 atom stereocenters. The highest BCUT2D eigenvalue weighted by Crippen LogP contribution is 2.27. The SMILES string of the molecule is CNC(=O)c1ncsc1Nc1cc(Cl)ncc1C. The quantitative estimate of drug-likeness (QED) is 0.849. The van der Waals surface area contributed by atoms with Gasteiger partial charge < -0.3 is 10.6 Å². The molecule has 2 heterocycles. The number of carbonyl (C=O) groups is 1. The Balaban J connectivity index is 2.32. The van der Waals surface area contributed by atoms with Crippen molar-refractivity contribution >= 4 is 39.5 Å². The highest BCUT2D eigenvalue weighted by atomic mass is 35.5. The first-order valence-corrected chi connectivity index (χ1v) is 6.42. The van der Waals surface area contributed by atoms with Crippen LogP contribution in [0.3, 0.4) is 0 Å². The summed E-state index contributed by atoms with van der Waals surface area (Å²) in [7, 11) is 1.57. The van der Waals surface area contributed by atoms with Gasteiger partial charge in [0.05, 0.1) is 5.51 Å². The summed E-state index contributed by atoms with van der Waals surface area (Å²) in [5.74, 6) is -0.225. The highest BCUT2D eigenvalue weighted by Gasteiger charge is 2.14. The molecule has 0 spiro atoms. The number of rotatable bonds is 3. The first-order chi connectivity index (χ1) is 8.61. The molecular formula is C11H11ClN4OS. The van der Waals surface area contributed by atoms with Crippen molar-refractivity contribution in [1.29, 1.82) is 0 Å². The molecular weight excluding hydrogens is 272 g/mol. The Labute approximate surface area is 113 Å². The molecule has 94 valence electrons. The molecule has 0 aliphatic rings. The van der Waals surface area contributed by atoms with Crippen LogP contribution >= 0.6 is 22.9 Å². The monoisotopic (exact) mass is 282 g/mol. The van der Waals surface area contributed by atoms with E-state index in [1.54, 1.807) is 24.8 Å². The Kier molecular flexibility index (Phi) is 3.78. The van der Waals surface area contributed by atoms with Crippen LogP contribution in [-0.2, 0) is 0 Å². The first-order valence-electron chi connectivity index (χ1n) is 5.16. The number of hydrogen-bond donors (Lipinski definition) is 2. The maximum atomic E-state index is 11.6. The second-order valence-corrected chi connectivity index (χ2v) is 4.80. The van der Waals surface area contributed by atoms with E-state index in [-0.39, 0.29) is 5.91 Å². The van der Waals surface area contributed by atoms with Crippen molar-refractivity contribution in [3.63, 3.8) is 0 Å². The van der Waals surface area contributed by atoms with Crippen molar-refractivity contribution in [1.82, 2.24) is 15.3 Å². The van der Waals surface area contributed by atoms with E-state index in [1.165, 1.54) is 11.3 Å². The lowest BCUT2D eigenvalue weighted by atomic mass is 10.2.